The minimum absolute atomic E-state index is 0.449. The molecular formula is C10H21NO4. The predicted octanol–water partition coefficient (Wildman–Crippen LogP) is 1.05. The van der Waals surface area contributed by atoms with E-state index in [1.807, 2.05) is 0 Å². The molecule has 1 amide bonds. The van der Waals surface area contributed by atoms with E-state index in [0.717, 1.165) is 7.11 Å². The molecule has 0 aliphatic rings. The van der Waals surface area contributed by atoms with E-state index < -0.39 is 17.7 Å². The maximum absolute atomic E-state index is 11.3. The van der Waals surface area contributed by atoms with E-state index in [1.165, 1.54) is 11.9 Å². The number of ether oxygens (including phenoxy) is 1. The summed E-state index contributed by atoms with van der Waals surface area (Å²) < 4.78 is 5.05. The molecule has 1 atom stereocenters. The molecule has 90 valence electrons. The number of carbonyl (C=O) groups is 2. The van der Waals surface area contributed by atoms with Gasteiger partial charge in [-0.2, -0.15) is 0 Å². The molecule has 1 unspecified atom stereocenters. The second kappa shape index (κ2) is 7.23. The first-order chi connectivity index (χ1) is 6.78. The zero-order valence-corrected chi connectivity index (χ0v) is 10.3. The summed E-state index contributed by atoms with van der Waals surface area (Å²) >= 11 is 0. The Balaban J connectivity index is 0. The van der Waals surface area contributed by atoms with Gasteiger partial charge in [0, 0.05) is 14.2 Å². The van der Waals surface area contributed by atoms with Crippen molar-refractivity contribution in [3.05, 3.63) is 0 Å². The van der Waals surface area contributed by atoms with Crippen LogP contribution in [0.4, 0.5) is 4.79 Å². The van der Waals surface area contributed by atoms with E-state index >= 15 is 0 Å². The summed E-state index contributed by atoms with van der Waals surface area (Å²) in [6.45, 7) is 6.98. The van der Waals surface area contributed by atoms with E-state index in [-0.39, 0.29) is 0 Å². The number of aldehydes is 1. The number of likely N-dealkylation sites (N-methyl/N-ethyl adjacent to an activating group) is 1. The molecule has 0 aliphatic carbocycles. The molecule has 5 nitrogen and oxygen atoms in total. The molecule has 0 fully saturated rings. The summed E-state index contributed by atoms with van der Waals surface area (Å²) in [5, 5.41) is 7.00. The minimum atomic E-state index is -0.520. The third-order valence-electron chi connectivity index (χ3n) is 1.49. The highest BCUT2D eigenvalue weighted by Crippen LogP contribution is 2.09. The summed E-state index contributed by atoms with van der Waals surface area (Å²) in [6.07, 6.45) is 0.219. The zero-order chi connectivity index (χ0) is 12.6. The molecular weight excluding hydrogens is 198 g/mol. The molecule has 0 rings (SSSR count). The third kappa shape index (κ3) is 7.93. The van der Waals surface area contributed by atoms with Crippen LogP contribution in [-0.2, 0) is 9.53 Å². The van der Waals surface area contributed by atoms with Crippen molar-refractivity contribution in [2.45, 2.75) is 39.3 Å². The lowest BCUT2D eigenvalue weighted by molar-refractivity contribution is -0.111. The number of amides is 1. The fourth-order valence-corrected chi connectivity index (χ4v) is 0.591. The summed E-state index contributed by atoms with van der Waals surface area (Å²) in [5.74, 6) is 0. The summed E-state index contributed by atoms with van der Waals surface area (Å²) in [4.78, 5) is 22.9. The van der Waals surface area contributed by atoms with Crippen molar-refractivity contribution in [3.8, 4) is 0 Å². The lowest BCUT2D eigenvalue weighted by Gasteiger charge is -2.26. The Morgan fingerprint density at radius 2 is 1.80 bits per heavy atom. The van der Waals surface area contributed by atoms with Crippen molar-refractivity contribution in [2.75, 3.05) is 14.2 Å². The molecule has 0 saturated carbocycles. The first-order valence-corrected chi connectivity index (χ1v) is 4.63. The average molecular weight is 219 g/mol. The first-order valence-electron chi connectivity index (χ1n) is 4.63. The Kier molecular flexibility index (Phi) is 7.87. The van der Waals surface area contributed by atoms with Crippen LogP contribution in [-0.4, -0.2) is 48.2 Å². The van der Waals surface area contributed by atoms with E-state index in [1.54, 1.807) is 27.7 Å². The zero-order valence-electron chi connectivity index (χ0n) is 10.3. The van der Waals surface area contributed by atoms with Crippen LogP contribution in [0.3, 0.4) is 0 Å². The van der Waals surface area contributed by atoms with Crippen LogP contribution in [0.5, 0.6) is 0 Å². The van der Waals surface area contributed by atoms with Crippen molar-refractivity contribution in [3.63, 3.8) is 0 Å². The van der Waals surface area contributed by atoms with Gasteiger partial charge in [-0.25, -0.2) is 4.79 Å². The van der Waals surface area contributed by atoms with Crippen molar-refractivity contribution in [1.82, 2.24) is 4.90 Å². The van der Waals surface area contributed by atoms with Crippen LogP contribution < -0.4 is 0 Å². The summed E-state index contributed by atoms with van der Waals surface area (Å²) in [5.41, 5.74) is -0.520. The van der Waals surface area contributed by atoms with Crippen molar-refractivity contribution in [2.24, 2.45) is 0 Å². The smallest absolute Gasteiger partial charge is 0.410 e. The molecule has 0 bridgehead atoms. The van der Waals surface area contributed by atoms with E-state index in [9.17, 15) is 9.59 Å². The van der Waals surface area contributed by atoms with Crippen LogP contribution in [0.15, 0.2) is 0 Å². The number of hydrogen-bond donors (Lipinski definition) is 1. The van der Waals surface area contributed by atoms with Gasteiger partial charge in [-0.15, -0.1) is 0 Å². The van der Waals surface area contributed by atoms with Gasteiger partial charge in [-0.1, -0.05) is 0 Å². The first kappa shape index (κ1) is 16.3. The van der Waals surface area contributed by atoms with Gasteiger partial charge in [-0.05, 0) is 27.7 Å². The normalized spacial score (nSPS) is 11.9. The Hall–Kier alpha value is -1.10. The highest BCUT2D eigenvalue weighted by Gasteiger charge is 2.22. The second-order valence-electron chi connectivity index (χ2n) is 3.97. The number of nitrogens with zero attached hydrogens (tertiary/aromatic N) is 1. The lowest BCUT2D eigenvalue weighted by atomic mass is 10.2. The maximum Gasteiger partial charge on any atom is 0.410 e. The largest absolute Gasteiger partial charge is 0.444 e. The fourth-order valence-electron chi connectivity index (χ4n) is 0.591. The third-order valence-corrected chi connectivity index (χ3v) is 1.49. The van der Waals surface area contributed by atoms with Crippen LogP contribution in [0.25, 0.3) is 0 Å². The number of rotatable bonds is 2. The second-order valence-corrected chi connectivity index (χ2v) is 3.97. The Labute approximate surface area is 91.0 Å². The summed E-state index contributed by atoms with van der Waals surface area (Å²) in [7, 11) is 2.53. The van der Waals surface area contributed by atoms with E-state index in [2.05, 4.69) is 0 Å². The van der Waals surface area contributed by atoms with Crippen LogP contribution in [0, 0.1) is 0 Å². The summed E-state index contributed by atoms with van der Waals surface area (Å²) in [6, 6.07) is -0.449. The van der Waals surface area contributed by atoms with Crippen molar-refractivity contribution < 1.29 is 19.4 Å². The molecule has 0 aromatic carbocycles. The Morgan fingerprint density at radius 3 is 2.07 bits per heavy atom. The molecule has 5 heteroatoms. The van der Waals surface area contributed by atoms with E-state index in [4.69, 9.17) is 9.84 Å². The number of aliphatic hydroxyl groups excluding tert-OH is 1. The van der Waals surface area contributed by atoms with Gasteiger partial charge in [0.05, 0.1) is 6.04 Å². The monoisotopic (exact) mass is 219 g/mol. The topological polar surface area (TPSA) is 66.8 Å². The van der Waals surface area contributed by atoms with Gasteiger partial charge in [0.2, 0.25) is 0 Å². The maximum atomic E-state index is 11.3. The average Bonchev–Trinajstić information content (AvgIpc) is 2.16. The Morgan fingerprint density at radius 1 is 1.40 bits per heavy atom. The SMILES string of the molecule is CC(C=O)N(C)C(=O)OC(C)(C)C.CO. The fraction of sp³-hybridized carbons (Fsp3) is 0.800. The van der Waals surface area contributed by atoms with Crippen molar-refractivity contribution in [1.29, 1.82) is 0 Å². The van der Waals surface area contributed by atoms with Crippen LogP contribution in [0.2, 0.25) is 0 Å². The Bertz CT molecular complexity index is 198. The van der Waals surface area contributed by atoms with Gasteiger partial charge in [-0.3, -0.25) is 0 Å². The van der Waals surface area contributed by atoms with Crippen molar-refractivity contribution >= 4 is 12.4 Å². The molecule has 0 aromatic rings. The molecule has 15 heavy (non-hydrogen) atoms. The highest BCUT2D eigenvalue weighted by molar-refractivity contribution is 5.73. The molecule has 0 heterocycles. The van der Waals surface area contributed by atoms with Crippen LogP contribution >= 0.6 is 0 Å². The molecule has 0 saturated heterocycles. The molecule has 0 radical (unpaired) electrons. The lowest BCUT2D eigenvalue weighted by Crippen LogP contribution is -2.40. The van der Waals surface area contributed by atoms with E-state index in [0.29, 0.717) is 6.29 Å². The standard InChI is InChI=1S/C9H17NO3.CH4O/c1-7(6-11)10(5)8(12)13-9(2,3)4;1-2/h6-7H,1-5H3;2H,1H3. The number of aliphatic hydroxyl groups is 1. The number of hydrogen-bond acceptors (Lipinski definition) is 4. The molecule has 1 N–H and O–H groups in total. The van der Waals surface area contributed by atoms with Crippen LogP contribution in [0.1, 0.15) is 27.7 Å². The molecule has 0 aromatic heterocycles. The molecule has 0 spiro atoms. The van der Waals surface area contributed by atoms with Gasteiger partial charge in [0.1, 0.15) is 11.9 Å². The van der Waals surface area contributed by atoms with Gasteiger partial charge in [0.25, 0.3) is 0 Å². The minimum Gasteiger partial charge on any atom is -0.444 e. The molecule has 0 aliphatic heterocycles. The van der Waals surface area contributed by atoms with Gasteiger partial charge in [0.15, 0.2) is 0 Å². The quantitative estimate of drug-likeness (QED) is 0.705. The van der Waals surface area contributed by atoms with Gasteiger partial charge < -0.3 is 19.5 Å². The number of carbonyl (C=O) groups excluding carboxylic acids is 2. The predicted molar refractivity (Wildman–Crippen MR) is 57.7 cm³/mol. The highest BCUT2D eigenvalue weighted by atomic mass is 16.6. The van der Waals surface area contributed by atoms with Gasteiger partial charge >= 0.3 is 6.09 Å².